The van der Waals surface area contributed by atoms with Crippen LogP contribution in [0.1, 0.15) is 47.1 Å². The van der Waals surface area contributed by atoms with Crippen LogP contribution in [0.2, 0.25) is 5.02 Å². The van der Waals surface area contributed by atoms with E-state index in [1.165, 1.54) is 5.56 Å². The summed E-state index contributed by atoms with van der Waals surface area (Å²) < 4.78 is 5.22. The second-order valence-corrected chi connectivity index (χ2v) is 8.20. The number of hydrogen-bond donors (Lipinski definition) is 0. The van der Waals surface area contributed by atoms with E-state index in [0.29, 0.717) is 23.7 Å². The molecular weight excluding hydrogens is 374 g/mol. The number of nitrogens with zero attached hydrogens (tertiary/aromatic N) is 3. The molecular formula is C22H30ClN3O2. The van der Waals surface area contributed by atoms with Crippen LogP contribution in [0.15, 0.2) is 28.8 Å². The monoisotopic (exact) mass is 403 g/mol. The first kappa shape index (κ1) is 20.9. The van der Waals surface area contributed by atoms with Crippen molar-refractivity contribution >= 4 is 17.5 Å². The highest BCUT2D eigenvalue weighted by Gasteiger charge is 2.26. The Labute approximate surface area is 172 Å². The SMILES string of the molecule is CCc1noc(C)c1C(=O)N(C)CC1CCN(CCc2ccc(Cl)cc2)CC1. The fourth-order valence-electron chi connectivity index (χ4n) is 3.93. The maximum Gasteiger partial charge on any atom is 0.259 e. The second kappa shape index (κ2) is 9.57. The average Bonchev–Trinajstić information content (AvgIpc) is 3.08. The highest BCUT2D eigenvalue weighted by Crippen LogP contribution is 2.21. The fraction of sp³-hybridized carbons (Fsp3) is 0.545. The Kier molecular flexibility index (Phi) is 7.13. The van der Waals surface area contributed by atoms with Crippen LogP contribution >= 0.6 is 11.6 Å². The van der Waals surface area contributed by atoms with E-state index in [0.717, 1.165) is 56.2 Å². The molecule has 0 unspecified atom stereocenters. The highest BCUT2D eigenvalue weighted by molar-refractivity contribution is 6.30. The number of piperidine rings is 1. The highest BCUT2D eigenvalue weighted by atomic mass is 35.5. The Bertz CT molecular complexity index is 780. The average molecular weight is 404 g/mol. The third-order valence-electron chi connectivity index (χ3n) is 5.70. The zero-order valence-electron chi connectivity index (χ0n) is 17.1. The van der Waals surface area contributed by atoms with E-state index in [9.17, 15) is 4.79 Å². The van der Waals surface area contributed by atoms with Crippen molar-refractivity contribution in [2.24, 2.45) is 5.92 Å². The van der Waals surface area contributed by atoms with Gasteiger partial charge in [-0.25, -0.2) is 0 Å². The summed E-state index contributed by atoms with van der Waals surface area (Å²) in [5.74, 6) is 1.19. The lowest BCUT2D eigenvalue weighted by atomic mass is 9.95. The van der Waals surface area contributed by atoms with Crippen molar-refractivity contribution < 1.29 is 9.32 Å². The Morgan fingerprint density at radius 2 is 1.96 bits per heavy atom. The van der Waals surface area contributed by atoms with Gasteiger partial charge in [0.1, 0.15) is 11.3 Å². The molecule has 1 aromatic heterocycles. The molecule has 1 fully saturated rings. The molecule has 3 rings (SSSR count). The molecule has 1 saturated heterocycles. The van der Waals surface area contributed by atoms with Gasteiger partial charge in [0.2, 0.25) is 0 Å². The lowest BCUT2D eigenvalue weighted by Gasteiger charge is -2.34. The van der Waals surface area contributed by atoms with E-state index < -0.39 is 0 Å². The van der Waals surface area contributed by atoms with Gasteiger partial charge in [0.05, 0.1) is 5.69 Å². The van der Waals surface area contributed by atoms with Crippen LogP contribution in [-0.2, 0) is 12.8 Å². The number of amides is 1. The van der Waals surface area contributed by atoms with Gasteiger partial charge in [0.15, 0.2) is 0 Å². The van der Waals surface area contributed by atoms with Crippen LogP contribution in [0.4, 0.5) is 0 Å². The number of halogens is 1. The lowest BCUT2D eigenvalue weighted by molar-refractivity contribution is 0.0737. The Morgan fingerprint density at radius 3 is 2.61 bits per heavy atom. The molecule has 0 radical (unpaired) electrons. The molecule has 5 nitrogen and oxygen atoms in total. The van der Waals surface area contributed by atoms with E-state index in [1.807, 2.05) is 37.9 Å². The van der Waals surface area contributed by atoms with E-state index in [1.54, 1.807) is 0 Å². The maximum absolute atomic E-state index is 12.8. The van der Waals surface area contributed by atoms with Crippen molar-refractivity contribution in [3.8, 4) is 0 Å². The molecule has 2 aromatic rings. The second-order valence-electron chi connectivity index (χ2n) is 7.76. The van der Waals surface area contributed by atoms with Gasteiger partial charge in [-0.2, -0.15) is 0 Å². The molecule has 0 atom stereocenters. The quantitative estimate of drug-likeness (QED) is 0.694. The zero-order valence-corrected chi connectivity index (χ0v) is 17.8. The first-order valence-corrected chi connectivity index (χ1v) is 10.5. The number of benzene rings is 1. The van der Waals surface area contributed by atoms with Gasteiger partial charge in [-0.1, -0.05) is 35.8 Å². The maximum atomic E-state index is 12.8. The summed E-state index contributed by atoms with van der Waals surface area (Å²) in [6, 6.07) is 8.12. The van der Waals surface area contributed by atoms with Crippen molar-refractivity contribution in [3.05, 3.63) is 51.9 Å². The van der Waals surface area contributed by atoms with Gasteiger partial charge in [-0.15, -0.1) is 0 Å². The predicted octanol–water partition coefficient (Wildman–Crippen LogP) is 4.23. The smallest absolute Gasteiger partial charge is 0.259 e. The van der Waals surface area contributed by atoms with Crippen molar-refractivity contribution in [2.75, 3.05) is 33.2 Å². The van der Waals surface area contributed by atoms with Gasteiger partial charge in [-0.05, 0) is 69.3 Å². The number of carbonyl (C=O) groups is 1. The van der Waals surface area contributed by atoms with Crippen molar-refractivity contribution in [3.63, 3.8) is 0 Å². The normalized spacial score (nSPS) is 15.7. The molecule has 1 aliphatic heterocycles. The number of aryl methyl sites for hydroxylation is 2. The summed E-state index contributed by atoms with van der Waals surface area (Å²) in [4.78, 5) is 17.2. The molecule has 6 heteroatoms. The van der Waals surface area contributed by atoms with Crippen LogP contribution in [0, 0.1) is 12.8 Å². The first-order chi connectivity index (χ1) is 13.5. The largest absolute Gasteiger partial charge is 0.361 e. The topological polar surface area (TPSA) is 49.6 Å². The molecule has 28 heavy (non-hydrogen) atoms. The number of aromatic nitrogens is 1. The standard InChI is InChI=1S/C22H30ClN3O2/c1-4-20-21(16(2)28-24-20)22(27)25(3)15-18-10-13-26(14-11-18)12-9-17-5-7-19(23)8-6-17/h5-8,18H,4,9-15H2,1-3H3. The van der Waals surface area contributed by atoms with E-state index in [4.69, 9.17) is 16.1 Å². The Balaban J connectivity index is 1.45. The molecule has 0 aliphatic carbocycles. The first-order valence-electron chi connectivity index (χ1n) is 10.1. The Hall–Kier alpha value is -1.85. The van der Waals surface area contributed by atoms with Gasteiger partial charge in [0.25, 0.3) is 5.91 Å². The minimum absolute atomic E-state index is 0.0285. The van der Waals surface area contributed by atoms with Crippen LogP contribution in [0.5, 0.6) is 0 Å². The van der Waals surface area contributed by atoms with E-state index >= 15 is 0 Å². The molecule has 1 aliphatic rings. The fourth-order valence-corrected chi connectivity index (χ4v) is 4.05. The summed E-state index contributed by atoms with van der Waals surface area (Å²) in [5, 5.41) is 4.80. The number of likely N-dealkylation sites (tertiary alicyclic amines) is 1. The van der Waals surface area contributed by atoms with Crippen molar-refractivity contribution in [1.82, 2.24) is 15.0 Å². The Morgan fingerprint density at radius 1 is 1.29 bits per heavy atom. The summed E-state index contributed by atoms with van der Waals surface area (Å²) in [6.45, 7) is 7.85. The minimum atomic E-state index is 0.0285. The summed E-state index contributed by atoms with van der Waals surface area (Å²) in [5.41, 5.74) is 2.73. The molecule has 1 aromatic carbocycles. The minimum Gasteiger partial charge on any atom is -0.361 e. The molecule has 1 amide bonds. The molecule has 2 heterocycles. The number of rotatable bonds is 7. The predicted molar refractivity (Wildman–Crippen MR) is 112 cm³/mol. The zero-order chi connectivity index (χ0) is 20.1. The number of hydrogen-bond acceptors (Lipinski definition) is 4. The third-order valence-corrected chi connectivity index (χ3v) is 5.95. The molecule has 0 N–H and O–H groups in total. The summed E-state index contributed by atoms with van der Waals surface area (Å²) in [7, 11) is 1.89. The summed E-state index contributed by atoms with van der Waals surface area (Å²) in [6.07, 6.45) is 4.01. The van der Waals surface area contributed by atoms with E-state index in [-0.39, 0.29) is 5.91 Å². The van der Waals surface area contributed by atoms with Gasteiger partial charge in [0, 0.05) is 25.2 Å². The third kappa shape index (κ3) is 5.15. The summed E-state index contributed by atoms with van der Waals surface area (Å²) >= 11 is 5.95. The molecule has 0 spiro atoms. The molecule has 0 saturated carbocycles. The van der Waals surface area contributed by atoms with Crippen LogP contribution in [0.25, 0.3) is 0 Å². The van der Waals surface area contributed by atoms with Gasteiger partial charge in [-0.3, -0.25) is 4.79 Å². The molecule has 0 bridgehead atoms. The molecule has 152 valence electrons. The van der Waals surface area contributed by atoms with Crippen LogP contribution in [0.3, 0.4) is 0 Å². The van der Waals surface area contributed by atoms with Crippen LogP contribution < -0.4 is 0 Å². The van der Waals surface area contributed by atoms with Crippen molar-refractivity contribution in [1.29, 1.82) is 0 Å². The van der Waals surface area contributed by atoms with E-state index in [2.05, 4.69) is 22.2 Å². The van der Waals surface area contributed by atoms with Gasteiger partial charge >= 0.3 is 0 Å². The van der Waals surface area contributed by atoms with Crippen molar-refractivity contribution in [2.45, 2.75) is 39.5 Å². The van der Waals surface area contributed by atoms with Crippen LogP contribution in [-0.4, -0.2) is 54.1 Å². The lowest BCUT2D eigenvalue weighted by Crippen LogP contribution is -2.40. The number of carbonyl (C=O) groups excluding carboxylic acids is 1. The van der Waals surface area contributed by atoms with Gasteiger partial charge < -0.3 is 14.3 Å².